The molecule has 27 heavy (non-hydrogen) atoms. The lowest BCUT2D eigenvalue weighted by Gasteiger charge is -2.33. The molecular formula is C17H28N2O6S2. The summed E-state index contributed by atoms with van der Waals surface area (Å²) in [6, 6.07) is 4.58. The Morgan fingerprint density at radius 1 is 0.963 bits per heavy atom. The predicted molar refractivity (Wildman–Crippen MR) is 103 cm³/mol. The zero-order valence-corrected chi connectivity index (χ0v) is 17.8. The fourth-order valence-corrected chi connectivity index (χ4v) is 6.17. The van der Waals surface area contributed by atoms with Crippen molar-refractivity contribution in [1.82, 2.24) is 8.61 Å². The van der Waals surface area contributed by atoms with E-state index < -0.39 is 20.0 Å². The Hall–Kier alpha value is -1.36. The molecule has 154 valence electrons. The lowest BCUT2D eigenvalue weighted by Crippen LogP contribution is -2.51. The first-order chi connectivity index (χ1) is 12.6. The molecule has 2 rings (SSSR count). The van der Waals surface area contributed by atoms with E-state index in [1.807, 2.05) is 13.8 Å². The molecule has 10 heteroatoms. The quantitative estimate of drug-likeness (QED) is 0.631. The number of nitrogens with zero attached hydrogens (tertiary/aromatic N) is 2. The summed E-state index contributed by atoms with van der Waals surface area (Å²) in [5.41, 5.74) is 0. The smallest absolute Gasteiger partial charge is 0.246 e. The van der Waals surface area contributed by atoms with Crippen molar-refractivity contribution in [2.45, 2.75) is 25.2 Å². The molecule has 0 unspecified atom stereocenters. The highest BCUT2D eigenvalue weighted by atomic mass is 32.2. The zero-order valence-electron chi connectivity index (χ0n) is 16.2. The number of hydrogen-bond acceptors (Lipinski definition) is 6. The molecule has 1 aliphatic heterocycles. The van der Waals surface area contributed by atoms with Gasteiger partial charge in [0.25, 0.3) is 0 Å². The van der Waals surface area contributed by atoms with Crippen LogP contribution in [-0.4, -0.2) is 71.6 Å². The molecule has 0 aromatic heterocycles. The van der Waals surface area contributed by atoms with Crippen LogP contribution in [0.2, 0.25) is 0 Å². The van der Waals surface area contributed by atoms with Crippen LogP contribution in [0.4, 0.5) is 0 Å². The van der Waals surface area contributed by atoms with E-state index >= 15 is 0 Å². The normalized spacial score (nSPS) is 17.2. The van der Waals surface area contributed by atoms with E-state index in [4.69, 9.17) is 9.47 Å². The molecule has 0 spiro atoms. The minimum absolute atomic E-state index is 0.0143. The highest BCUT2D eigenvalue weighted by molar-refractivity contribution is 7.89. The number of rotatable bonds is 8. The summed E-state index contributed by atoms with van der Waals surface area (Å²) in [4.78, 5) is 0.0143. The van der Waals surface area contributed by atoms with Gasteiger partial charge in [0.2, 0.25) is 20.0 Å². The molecule has 0 amide bonds. The molecule has 0 bridgehead atoms. The van der Waals surface area contributed by atoms with Crippen LogP contribution >= 0.6 is 0 Å². The highest BCUT2D eigenvalue weighted by Gasteiger charge is 2.34. The standard InChI is InChI=1S/C17H28N2O6S2/c1-14(2)7-12-26(20,21)18-8-10-19(11-9-18)27(22,23)17-13-15(24-3)5-6-16(17)25-4/h5-6,13-14H,7-12H2,1-4H3. The minimum atomic E-state index is -3.83. The molecule has 0 N–H and O–H groups in total. The Bertz CT molecular complexity index is 844. The number of hydrogen-bond donors (Lipinski definition) is 0. The Kier molecular flexibility index (Phi) is 7.12. The molecule has 0 saturated carbocycles. The van der Waals surface area contributed by atoms with Gasteiger partial charge in [-0.3, -0.25) is 0 Å². The van der Waals surface area contributed by atoms with Gasteiger partial charge >= 0.3 is 0 Å². The van der Waals surface area contributed by atoms with Crippen LogP contribution in [0, 0.1) is 5.92 Å². The van der Waals surface area contributed by atoms with Gasteiger partial charge in [0.15, 0.2) is 0 Å². The third-order valence-corrected chi connectivity index (χ3v) is 8.36. The van der Waals surface area contributed by atoms with Gasteiger partial charge in [-0.25, -0.2) is 16.8 Å². The third kappa shape index (κ3) is 5.13. The summed E-state index contributed by atoms with van der Waals surface area (Å²) in [5, 5.41) is 0. The molecule has 8 nitrogen and oxygen atoms in total. The second-order valence-corrected chi connectivity index (χ2v) is 10.8. The summed E-state index contributed by atoms with van der Waals surface area (Å²) in [7, 11) is -4.33. The average molecular weight is 421 g/mol. The third-order valence-electron chi connectivity index (χ3n) is 4.53. The van der Waals surface area contributed by atoms with Gasteiger partial charge < -0.3 is 9.47 Å². The Morgan fingerprint density at radius 2 is 1.56 bits per heavy atom. The summed E-state index contributed by atoms with van der Waals surface area (Å²) in [5.74, 6) is 1.01. The molecule has 1 aromatic carbocycles. The Labute approximate surface area is 162 Å². The first-order valence-corrected chi connectivity index (χ1v) is 11.9. The van der Waals surface area contributed by atoms with Crippen molar-refractivity contribution >= 4 is 20.0 Å². The topological polar surface area (TPSA) is 93.2 Å². The first kappa shape index (κ1) is 21.9. The van der Waals surface area contributed by atoms with Crippen LogP contribution in [0.15, 0.2) is 23.1 Å². The summed E-state index contributed by atoms with van der Waals surface area (Å²) < 4.78 is 63.9. The number of ether oxygens (including phenoxy) is 2. The molecular weight excluding hydrogens is 392 g/mol. The molecule has 0 radical (unpaired) electrons. The average Bonchev–Trinajstić information content (AvgIpc) is 2.66. The van der Waals surface area contributed by atoms with Gasteiger partial charge in [0, 0.05) is 32.2 Å². The molecule has 0 aliphatic carbocycles. The number of benzene rings is 1. The summed E-state index contributed by atoms with van der Waals surface area (Å²) >= 11 is 0. The van der Waals surface area contributed by atoms with Crippen LogP contribution in [-0.2, 0) is 20.0 Å². The fraction of sp³-hybridized carbons (Fsp3) is 0.647. The maximum Gasteiger partial charge on any atom is 0.246 e. The second-order valence-electron chi connectivity index (χ2n) is 6.82. The first-order valence-electron chi connectivity index (χ1n) is 8.82. The molecule has 1 heterocycles. The van der Waals surface area contributed by atoms with E-state index in [1.54, 1.807) is 12.1 Å². The molecule has 1 aromatic rings. The van der Waals surface area contributed by atoms with Crippen molar-refractivity contribution in [1.29, 1.82) is 0 Å². The predicted octanol–water partition coefficient (Wildman–Crippen LogP) is 1.39. The Balaban J connectivity index is 2.15. The lowest BCUT2D eigenvalue weighted by molar-refractivity contribution is 0.271. The van der Waals surface area contributed by atoms with Crippen LogP contribution in [0.3, 0.4) is 0 Å². The molecule has 0 atom stereocenters. The maximum absolute atomic E-state index is 13.0. The molecule has 1 aliphatic rings. The van der Waals surface area contributed by atoms with Crippen molar-refractivity contribution in [2.24, 2.45) is 5.92 Å². The van der Waals surface area contributed by atoms with Crippen LogP contribution in [0.5, 0.6) is 11.5 Å². The van der Waals surface area contributed by atoms with Gasteiger partial charge in [-0.15, -0.1) is 0 Å². The van der Waals surface area contributed by atoms with E-state index in [9.17, 15) is 16.8 Å². The van der Waals surface area contributed by atoms with E-state index in [2.05, 4.69) is 0 Å². The van der Waals surface area contributed by atoms with Crippen molar-refractivity contribution < 1.29 is 26.3 Å². The number of sulfonamides is 2. The lowest BCUT2D eigenvalue weighted by atomic mass is 10.2. The second kappa shape index (κ2) is 8.76. The van der Waals surface area contributed by atoms with Crippen molar-refractivity contribution in [3.63, 3.8) is 0 Å². The largest absolute Gasteiger partial charge is 0.497 e. The van der Waals surface area contributed by atoms with E-state index in [0.29, 0.717) is 18.1 Å². The summed E-state index contributed by atoms with van der Waals surface area (Å²) in [6.45, 7) is 4.44. The van der Waals surface area contributed by atoms with Crippen molar-refractivity contribution in [3.05, 3.63) is 18.2 Å². The van der Waals surface area contributed by atoms with Gasteiger partial charge in [-0.05, 0) is 24.5 Å². The molecule has 1 saturated heterocycles. The number of piperazine rings is 1. The van der Waals surface area contributed by atoms with Gasteiger partial charge in [0.1, 0.15) is 16.4 Å². The fourth-order valence-electron chi connectivity index (χ4n) is 2.83. The monoisotopic (exact) mass is 420 g/mol. The van der Waals surface area contributed by atoms with Crippen molar-refractivity contribution in [2.75, 3.05) is 46.2 Å². The van der Waals surface area contributed by atoms with Gasteiger partial charge in [-0.2, -0.15) is 8.61 Å². The SMILES string of the molecule is COc1ccc(OC)c(S(=O)(=O)N2CCN(S(=O)(=O)CCC(C)C)CC2)c1. The van der Waals surface area contributed by atoms with Crippen LogP contribution in [0.25, 0.3) is 0 Å². The zero-order chi connectivity index (χ0) is 20.2. The van der Waals surface area contributed by atoms with E-state index in [0.717, 1.165) is 0 Å². The maximum atomic E-state index is 13.0. The van der Waals surface area contributed by atoms with Crippen molar-refractivity contribution in [3.8, 4) is 11.5 Å². The van der Waals surface area contributed by atoms with Gasteiger partial charge in [0.05, 0.1) is 20.0 Å². The van der Waals surface area contributed by atoms with Crippen LogP contribution in [0.1, 0.15) is 20.3 Å². The highest BCUT2D eigenvalue weighted by Crippen LogP contribution is 2.31. The van der Waals surface area contributed by atoms with Gasteiger partial charge in [-0.1, -0.05) is 13.8 Å². The van der Waals surface area contributed by atoms with Crippen LogP contribution < -0.4 is 9.47 Å². The van der Waals surface area contributed by atoms with E-state index in [-0.39, 0.29) is 42.6 Å². The minimum Gasteiger partial charge on any atom is -0.497 e. The summed E-state index contributed by atoms with van der Waals surface area (Å²) in [6.07, 6.45) is 0.585. The van der Waals surface area contributed by atoms with E-state index in [1.165, 1.54) is 28.9 Å². The Morgan fingerprint density at radius 3 is 2.07 bits per heavy atom. The number of methoxy groups -OCH3 is 2. The molecule has 1 fully saturated rings.